The van der Waals surface area contributed by atoms with Crippen LogP contribution in [0.2, 0.25) is 0 Å². The van der Waals surface area contributed by atoms with Gasteiger partial charge in [0.1, 0.15) is 10.7 Å². The van der Waals surface area contributed by atoms with Crippen molar-refractivity contribution in [2.24, 2.45) is 5.73 Å². The molecule has 17 heavy (non-hydrogen) atoms. The van der Waals surface area contributed by atoms with Gasteiger partial charge in [-0.3, -0.25) is 0 Å². The molecule has 1 aromatic carbocycles. The van der Waals surface area contributed by atoms with Crippen LogP contribution >= 0.6 is 24.0 Å². The molecule has 2 rings (SSSR count). The second kappa shape index (κ2) is 5.74. The van der Waals surface area contributed by atoms with Crippen LogP contribution in [-0.2, 0) is 0 Å². The number of hydrogen-bond acceptors (Lipinski definition) is 3. The SMILES string of the molecule is CSc1cccc(OC2CCCC2)c1C(N)=S. The summed E-state index contributed by atoms with van der Waals surface area (Å²) in [7, 11) is 0. The number of benzene rings is 1. The second-order valence-electron chi connectivity index (χ2n) is 4.22. The highest BCUT2D eigenvalue weighted by Crippen LogP contribution is 2.32. The van der Waals surface area contributed by atoms with Gasteiger partial charge in [0.15, 0.2) is 0 Å². The van der Waals surface area contributed by atoms with Crippen LogP contribution in [0.5, 0.6) is 5.75 Å². The van der Waals surface area contributed by atoms with E-state index in [1.54, 1.807) is 11.8 Å². The number of ether oxygens (including phenoxy) is 1. The third-order valence-corrected chi connectivity index (χ3v) is 4.03. The van der Waals surface area contributed by atoms with Gasteiger partial charge in [0, 0.05) is 4.90 Å². The van der Waals surface area contributed by atoms with Gasteiger partial charge in [-0.1, -0.05) is 18.3 Å². The van der Waals surface area contributed by atoms with Crippen LogP contribution in [0.4, 0.5) is 0 Å². The molecule has 0 atom stereocenters. The molecule has 0 amide bonds. The maximum Gasteiger partial charge on any atom is 0.131 e. The Labute approximate surface area is 112 Å². The first-order valence-corrected chi connectivity index (χ1v) is 7.49. The van der Waals surface area contributed by atoms with Crippen molar-refractivity contribution < 1.29 is 4.74 Å². The van der Waals surface area contributed by atoms with E-state index in [-0.39, 0.29) is 0 Å². The molecular weight excluding hydrogens is 250 g/mol. The van der Waals surface area contributed by atoms with Gasteiger partial charge in [0.25, 0.3) is 0 Å². The van der Waals surface area contributed by atoms with Crippen LogP contribution in [0, 0.1) is 0 Å². The zero-order valence-corrected chi connectivity index (χ0v) is 11.6. The van der Waals surface area contributed by atoms with E-state index in [9.17, 15) is 0 Å². The highest BCUT2D eigenvalue weighted by molar-refractivity contribution is 7.98. The van der Waals surface area contributed by atoms with Gasteiger partial charge in [-0.15, -0.1) is 11.8 Å². The summed E-state index contributed by atoms with van der Waals surface area (Å²) in [6, 6.07) is 5.99. The Kier molecular flexibility index (Phi) is 4.29. The molecule has 92 valence electrons. The number of nitrogens with two attached hydrogens (primary N) is 1. The molecule has 0 radical (unpaired) electrons. The standard InChI is InChI=1S/C13H17NOS2/c1-17-11-8-4-7-10(12(11)13(14)16)15-9-5-2-3-6-9/h4,7-9H,2-3,5-6H2,1H3,(H2,14,16). The van der Waals surface area contributed by atoms with Crippen LogP contribution in [0.25, 0.3) is 0 Å². The van der Waals surface area contributed by atoms with Crippen molar-refractivity contribution >= 4 is 29.0 Å². The van der Waals surface area contributed by atoms with E-state index in [1.165, 1.54) is 12.8 Å². The van der Waals surface area contributed by atoms with Crippen molar-refractivity contribution in [3.8, 4) is 5.75 Å². The van der Waals surface area contributed by atoms with Gasteiger partial charge in [-0.25, -0.2) is 0 Å². The van der Waals surface area contributed by atoms with Gasteiger partial charge in [-0.2, -0.15) is 0 Å². The summed E-state index contributed by atoms with van der Waals surface area (Å²) in [4.78, 5) is 1.51. The van der Waals surface area contributed by atoms with Crippen LogP contribution < -0.4 is 10.5 Å². The second-order valence-corrected chi connectivity index (χ2v) is 5.51. The average Bonchev–Trinajstić information content (AvgIpc) is 2.81. The summed E-state index contributed by atoms with van der Waals surface area (Å²) in [5.41, 5.74) is 6.69. The lowest BCUT2D eigenvalue weighted by Gasteiger charge is -2.17. The molecule has 1 aromatic rings. The van der Waals surface area contributed by atoms with E-state index in [1.807, 2.05) is 24.5 Å². The molecular formula is C13H17NOS2. The molecule has 0 bridgehead atoms. The number of thiocarbonyl (C=S) groups is 1. The quantitative estimate of drug-likeness (QED) is 0.670. The Morgan fingerprint density at radius 3 is 2.71 bits per heavy atom. The summed E-state index contributed by atoms with van der Waals surface area (Å²) >= 11 is 6.78. The lowest BCUT2D eigenvalue weighted by Crippen LogP contribution is -2.17. The highest BCUT2D eigenvalue weighted by atomic mass is 32.2. The van der Waals surface area contributed by atoms with E-state index >= 15 is 0 Å². The van der Waals surface area contributed by atoms with Crippen molar-refractivity contribution in [3.63, 3.8) is 0 Å². The predicted molar refractivity (Wildman–Crippen MR) is 77.0 cm³/mol. The number of rotatable bonds is 4. The molecule has 0 unspecified atom stereocenters. The van der Waals surface area contributed by atoms with E-state index in [0.717, 1.165) is 29.1 Å². The van der Waals surface area contributed by atoms with Gasteiger partial charge >= 0.3 is 0 Å². The monoisotopic (exact) mass is 267 g/mol. The molecule has 1 fully saturated rings. The van der Waals surface area contributed by atoms with Crippen molar-refractivity contribution in [2.45, 2.75) is 36.7 Å². The topological polar surface area (TPSA) is 35.2 Å². The minimum atomic E-state index is 0.334. The minimum Gasteiger partial charge on any atom is -0.490 e. The fourth-order valence-corrected chi connectivity index (χ4v) is 3.11. The predicted octanol–water partition coefficient (Wildman–Crippen LogP) is 3.36. The van der Waals surface area contributed by atoms with Crippen molar-refractivity contribution in [1.29, 1.82) is 0 Å². The largest absolute Gasteiger partial charge is 0.490 e. The molecule has 4 heteroatoms. The van der Waals surface area contributed by atoms with Crippen molar-refractivity contribution in [1.82, 2.24) is 0 Å². The summed E-state index contributed by atoms with van der Waals surface area (Å²) in [6.45, 7) is 0. The number of thioether (sulfide) groups is 1. The first-order chi connectivity index (χ1) is 8.22. The third kappa shape index (κ3) is 2.93. The summed E-state index contributed by atoms with van der Waals surface area (Å²) in [5, 5.41) is 0. The highest BCUT2D eigenvalue weighted by Gasteiger charge is 2.19. The van der Waals surface area contributed by atoms with Crippen LogP contribution in [0.15, 0.2) is 23.1 Å². The van der Waals surface area contributed by atoms with E-state index in [4.69, 9.17) is 22.7 Å². The smallest absolute Gasteiger partial charge is 0.131 e. The Morgan fingerprint density at radius 1 is 1.41 bits per heavy atom. The van der Waals surface area contributed by atoms with E-state index < -0.39 is 0 Å². The molecule has 2 N–H and O–H groups in total. The van der Waals surface area contributed by atoms with Gasteiger partial charge < -0.3 is 10.5 Å². The molecule has 2 nitrogen and oxygen atoms in total. The normalized spacial score (nSPS) is 16.1. The summed E-state index contributed by atoms with van der Waals surface area (Å²) in [5.74, 6) is 0.844. The first kappa shape index (κ1) is 12.7. The van der Waals surface area contributed by atoms with Crippen molar-refractivity contribution in [3.05, 3.63) is 23.8 Å². The molecule has 0 spiro atoms. The zero-order chi connectivity index (χ0) is 12.3. The molecule has 1 aliphatic rings. The lowest BCUT2D eigenvalue weighted by molar-refractivity contribution is 0.209. The van der Waals surface area contributed by atoms with Crippen LogP contribution in [-0.4, -0.2) is 17.3 Å². The number of hydrogen-bond donors (Lipinski definition) is 1. The first-order valence-electron chi connectivity index (χ1n) is 5.86. The third-order valence-electron chi connectivity index (χ3n) is 3.05. The van der Waals surface area contributed by atoms with Crippen LogP contribution in [0.1, 0.15) is 31.2 Å². The molecule has 0 aliphatic heterocycles. The van der Waals surface area contributed by atoms with E-state index in [0.29, 0.717) is 11.1 Å². The van der Waals surface area contributed by atoms with Gasteiger partial charge in [0.2, 0.25) is 0 Å². The maximum atomic E-state index is 6.03. The van der Waals surface area contributed by atoms with Gasteiger partial charge in [0.05, 0.1) is 11.7 Å². The van der Waals surface area contributed by atoms with E-state index in [2.05, 4.69) is 0 Å². The van der Waals surface area contributed by atoms with Crippen LogP contribution in [0.3, 0.4) is 0 Å². The molecule has 1 aliphatic carbocycles. The fraction of sp³-hybridized carbons (Fsp3) is 0.462. The average molecular weight is 267 g/mol. The Hall–Kier alpha value is -0.740. The maximum absolute atomic E-state index is 6.03. The Balaban J connectivity index is 2.28. The lowest BCUT2D eigenvalue weighted by atomic mass is 10.2. The zero-order valence-electron chi connectivity index (χ0n) is 9.94. The summed E-state index contributed by atoms with van der Waals surface area (Å²) in [6.07, 6.45) is 7.15. The molecule has 0 heterocycles. The molecule has 0 saturated heterocycles. The Bertz CT molecular complexity index is 414. The minimum absolute atomic E-state index is 0.334. The fourth-order valence-electron chi connectivity index (χ4n) is 2.21. The van der Waals surface area contributed by atoms with Gasteiger partial charge in [-0.05, 0) is 44.1 Å². The molecule has 0 aromatic heterocycles. The summed E-state index contributed by atoms with van der Waals surface area (Å²) < 4.78 is 6.03. The molecule has 1 saturated carbocycles. The van der Waals surface area contributed by atoms with Crippen molar-refractivity contribution in [2.75, 3.05) is 6.26 Å². The Morgan fingerprint density at radius 2 is 2.12 bits per heavy atom.